The van der Waals surface area contributed by atoms with Gasteiger partial charge in [-0.05, 0) is 60.8 Å². The minimum absolute atomic E-state index is 0.00683. The summed E-state index contributed by atoms with van der Waals surface area (Å²) in [4.78, 5) is 28.5. The van der Waals surface area contributed by atoms with E-state index >= 15 is 0 Å². The van der Waals surface area contributed by atoms with Gasteiger partial charge in [0.25, 0.3) is 0 Å². The Balaban J connectivity index is 1.74. The van der Waals surface area contributed by atoms with Crippen LogP contribution in [0.3, 0.4) is 0 Å². The van der Waals surface area contributed by atoms with E-state index in [9.17, 15) is 9.59 Å². The van der Waals surface area contributed by atoms with Gasteiger partial charge >= 0.3 is 0 Å². The molecular formula is C29H40N2O2. The van der Waals surface area contributed by atoms with E-state index < -0.39 is 6.04 Å². The summed E-state index contributed by atoms with van der Waals surface area (Å²) in [5.41, 5.74) is 4.71. The number of hydrogen-bond donors (Lipinski definition) is 1. The van der Waals surface area contributed by atoms with Gasteiger partial charge in [0, 0.05) is 19.0 Å². The van der Waals surface area contributed by atoms with Crippen molar-refractivity contribution in [2.24, 2.45) is 0 Å². The van der Waals surface area contributed by atoms with E-state index in [2.05, 4.69) is 62.5 Å². The number of rotatable bonds is 10. The van der Waals surface area contributed by atoms with E-state index in [1.54, 1.807) is 0 Å². The maximum atomic E-state index is 13.5. The molecule has 0 aromatic heterocycles. The third kappa shape index (κ3) is 6.93. The van der Waals surface area contributed by atoms with Crippen LogP contribution < -0.4 is 5.32 Å². The Kier molecular flexibility index (Phi) is 9.11. The molecule has 0 spiro atoms. The highest BCUT2D eigenvalue weighted by atomic mass is 16.2. The average molecular weight is 449 g/mol. The predicted molar refractivity (Wildman–Crippen MR) is 135 cm³/mol. The fraction of sp³-hybridized carbons (Fsp3) is 0.517. The van der Waals surface area contributed by atoms with Gasteiger partial charge in [0.05, 0.1) is 0 Å². The molecule has 0 aliphatic heterocycles. The Bertz CT molecular complexity index is 913. The van der Waals surface area contributed by atoms with Crippen LogP contribution in [-0.2, 0) is 22.6 Å². The van der Waals surface area contributed by atoms with Gasteiger partial charge in [-0.1, -0.05) is 82.1 Å². The summed E-state index contributed by atoms with van der Waals surface area (Å²) < 4.78 is 0. The van der Waals surface area contributed by atoms with Gasteiger partial charge in [0.15, 0.2) is 0 Å². The van der Waals surface area contributed by atoms with Crippen molar-refractivity contribution in [1.29, 1.82) is 0 Å². The molecule has 1 saturated carbocycles. The lowest BCUT2D eigenvalue weighted by molar-refractivity contribution is -0.141. The lowest BCUT2D eigenvalue weighted by atomic mass is 9.99. The summed E-state index contributed by atoms with van der Waals surface area (Å²) in [6, 6.07) is 16.5. The molecule has 2 aromatic carbocycles. The molecule has 1 aliphatic carbocycles. The van der Waals surface area contributed by atoms with Crippen LogP contribution in [-0.4, -0.2) is 28.8 Å². The summed E-state index contributed by atoms with van der Waals surface area (Å²) in [7, 11) is 0. The van der Waals surface area contributed by atoms with Crippen LogP contribution in [0.5, 0.6) is 0 Å². The largest absolute Gasteiger partial charge is 0.352 e. The van der Waals surface area contributed by atoms with E-state index in [1.807, 2.05) is 24.0 Å². The van der Waals surface area contributed by atoms with Crippen molar-refractivity contribution < 1.29 is 9.59 Å². The smallest absolute Gasteiger partial charge is 0.243 e. The lowest BCUT2D eigenvalue weighted by Crippen LogP contribution is -2.51. The Labute approximate surface area is 199 Å². The third-order valence-corrected chi connectivity index (χ3v) is 6.96. The molecule has 0 bridgehead atoms. The topological polar surface area (TPSA) is 49.4 Å². The molecule has 3 rings (SSSR count). The number of carbonyl (C=O) groups excluding carboxylic acids is 2. The summed E-state index contributed by atoms with van der Waals surface area (Å²) >= 11 is 0. The maximum absolute atomic E-state index is 13.5. The zero-order valence-corrected chi connectivity index (χ0v) is 20.8. The van der Waals surface area contributed by atoms with Gasteiger partial charge in [-0.3, -0.25) is 9.59 Å². The molecule has 0 heterocycles. The number of nitrogens with zero attached hydrogens (tertiary/aromatic N) is 1. The van der Waals surface area contributed by atoms with Gasteiger partial charge in [0.2, 0.25) is 11.8 Å². The molecule has 2 aromatic rings. The molecule has 4 heteroatoms. The molecule has 33 heavy (non-hydrogen) atoms. The molecule has 178 valence electrons. The second-order valence-corrected chi connectivity index (χ2v) is 9.76. The van der Waals surface area contributed by atoms with Gasteiger partial charge in [-0.15, -0.1) is 0 Å². The zero-order valence-electron chi connectivity index (χ0n) is 20.8. The fourth-order valence-electron chi connectivity index (χ4n) is 4.72. The normalized spacial score (nSPS) is 14.9. The Morgan fingerprint density at radius 2 is 1.70 bits per heavy atom. The number of amides is 2. The van der Waals surface area contributed by atoms with Crippen molar-refractivity contribution in [3.05, 3.63) is 70.8 Å². The SMILES string of the molecule is CC[C@@H](C(=O)NC1CCCC1)N(Cc1ccccc1C)C(=O)CCc1ccc(C(C)C)cc1. The monoisotopic (exact) mass is 448 g/mol. The van der Waals surface area contributed by atoms with E-state index in [4.69, 9.17) is 0 Å². The van der Waals surface area contributed by atoms with E-state index in [-0.39, 0.29) is 17.9 Å². The minimum atomic E-state index is -0.443. The van der Waals surface area contributed by atoms with Crippen LogP contribution in [0.15, 0.2) is 48.5 Å². The number of benzene rings is 2. The maximum Gasteiger partial charge on any atom is 0.243 e. The number of hydrogen-bond acceptors (Lipinski definition) is 2. The standard InChI is InChI=1S/C29H40N2O2/c1-5-27(29(33)30-26-12-8-9-13-26)31(20-25-11-7-6-10-22(25)4)28(32)19-16-23-14-17-24(18-15-23)21(2)3/h6-7,10-11,14-15,17-18,21,26-27H,5,8-9,12-13,16,19-20H2,1-4H3,(H,30,33)/t27-/m0/s1. The van der Waals surface area contributed by atoms with E-state index in [0.717, 1.165) is 29.5 Å². The van der Waals surface area contributed by atoms with Gasteiger partial charge < -0.3 is 10.2 Å². The molecule has 1 atom stereocenters. The van der Waals surface area contributed by atoms with Gasteiger partial charge in [-0.25, -0.2) is 0 Å². The summed E-state index contributed by atoms with van der Waals surface area (Å²) in [6.07, 6.45) is 6.12. The minimum Gasteiger partial charge on any atom is -0.352 e. The molecule has 4 nitrogen and oxygen atoms in total. The average Bonchev–Trinajstić information content (AvgIpc) is 3.31. The highest BCUT2D eigenvalue weighted by molar-refractivity contribution is 5.88. The highest BCUT2D eigenvalue weighted by Gasteiger charge is 2.30. The van der Waals surface area contributed by atoms with E-state index in [1.165, 1.54) is 18.4 Å². The summed E-state index contributed by atoms with van der Waals surface area (Å²) in [5.74, 6) is 0.529. The lowest BCUT2D eigenvalue weighted by Gasteiger charge is -2.32. The summed E-state index contributed by atoms with van der Waals surface area (Å²) in [5, 5.41) is 3.22. The molecule has 1 N–H and O–H groups in total. The number of carbonyl (C=O) groups is 2. The second-order valence-electron chi connectivity index (χ2n) is 9.76. The molecule has 2 amide bonds. The Morgan fingerprint density at radius 1 is 1.03 bits per heavy atom. The predicted octanol–water partition coefficient (Wildman–Crippen LogP) is 5.92. The fourth-order valence-corrected chi connectivity index (χ4v) is 4.72. The van der Waals surface area contributed by atoms with Crippen LogP contribution in [0.1, 0.15) is 87.5 Å². The molecule has 1 aliphatic rings. The van der Waals surface area contributed by atoms with Crippen molar-refractivity contribution in [1.82, 2.24) is 10.2 Å². The number of nitrogens with one attached hydrogen (secondary N) is 1. The quantitative estimate of drug-likeness (QED) is 0.491. The first-order valence-electron chi connectivity index (χ1n) is 12.6. The van der Waals surface area contributed by atoms with Crippen LogP contribution in [0.4, 0.5) is 0 Å². The molecule has 0 saturated heterocycles. The molecule has 0 unspecified atom stereocenters. The Morgan fingerprint density at radius 3 is 2.30 bits per heavy atom. The molecule has 1 fully saturated rings. The zero-order chi connectivity index (χ0) is 23.8. The summed E-state index contributed by atoms with van der Waals surface area (Å²) in [6.45, 7) is 8.90. The van der Waals surface area contributed by atoms with Crippen molar-refractivity contribution in [2.45, 2.75) is 97.2 Å². The second kappa shape index (κ2) is 12.0. The Hall–Kier alpha value is -2.62. The van der Waals surface area contributed by atoms with Gasteiger partial charge in [-0.2, -0.15) is 0 Å². The van der Waals surface area contributed by atoms with Crippen LogP contribution >= 0.6 is 0 Å². The number of aryl methyl sites for hydroxylation is 2. The van der Waals surface area contributed by atoms with Crippen molar-refractivity contribution in [2.75, 3.05) is 0 Å². The van der Waals surface area contributed by atoms with Crippen molar-refractivity contribution in [3.8, 4) is 0 Å². The van der Waals surface area contributed by atoms with Gasteiger partial charge in [0.1, 0.15) is 6.04 Å². The molecule has 0 radical (unpaired) electrons. The van der Waals surface area contributed by atoms with Crippen LogP contribution in [0, 0.1) is 6.92 Å². The highest BCUT2D eigenvalue weighted by Crippen LogP contribution is 2.21. The van der Waals surface area contributed by atoms with Crippen LogP contribution in [0.25, 0.3) is 0 Å². The van der Waals surface area contributed by atoms with E-state index in [0.29, 0.717) is 31.7 Å². The van der Waals surface area contributed by atoms with Crippen molar-refractivity contribution >= 4 is 11.8 Å². The molecular weight excluding hydrogens is 408 g/mol. The van der Waals surface area contributed by atoms with Crippen LogP contribution in [0.2, 0.25) is 0 Å². The first kappa shape index (κ1) is 25.0. The first-order valence-corrected chi connectivity index (χ1v) is 12.6. The van der Waals surface area contributed by atoms with Crippen molar-refractivity contribution in [3.63, 3.8) is 0 Å². The third-order valence-electron chi connectivity index (χ3n) is 6.96. The first-order chi connectivity index (χ1) is 15.9.